The third-order valence-corrected chi connectivity index (χ3v) is 3.35. The lowest BCUT2D eigenvalue weighted by Gasteiger charge is -2.07. The van der Waals surface area contributed by atoms with Crippen LogP contribution >= 0.6 is 0 Å². The van der Waals surface area contributed by atoms with Crippen molar-refractivity contribution in [2.75, 3.05) is 0 Å². The number of rotatable bonds is 3. The van der Waals surface area contributed by atoms with Crippen LogP contribution in [-0.4, -0.2) is 11.8 Å². The minimum Gasteiger partial charge on any atom is -0.469 e. The van der Waals surface area contributed by atoms with Gasteiger partial charge in [0.2, 0.25) is 5.76 Å². The molecule has 3 aromatic rings. The zero-order chi connectivity index (χ0) is 16.2. The molecule has 0 bridgehead atoms. The average molecular weight is 310 g/mol. The highest BCUT2D eigenvalue weighted by atomic mass is 16.3. The van der Waals surface area contributed by atoms with Gasteiger partial charge in [-0.2, -0.15) is 0 Å². The predicted molar refractivity (Wildman–Crippen MR) is 82.5 cm³/mol. The molecule has 116 valence electrons. The summed E-state index contributed by atoms with van der Waals surface area (Å²) in [5.41, 5.74) is 6.53. The Labute approximate surface area is 132 Å². The van der Waals surface area contributed by atoms with Gasteiger partial charge in [-0.3, -0.25) is 20.4 Å². The number of nitrogens with one attached hydrogen (secondary N) is 2. The molecular weight excluding hydrogens is 296 g/mol. The van der Waals surface area contributed by atoms with Crippen LogP contribution in [0.15, 0.2) is 63.8 Å². The number of aryl methyl sites for hydroxylation is 1. The van der Waals surface area contributed by atoms with E-state index in [0.717, 1.165) is 5.56 Å². The number of carbonyl (C=O) groups is 2. The molecule has 0 aliphatic heterocycles. The first kappa shape index (κ1) is 14.6. The van der Waals surface area contributed by atoms with E-state index in [9.17, 15) is 9.59 Å². The molecule has 0 fully saturated rings. The van der Waals surface area contributed by atoms with Crippen LogP contribution in [0.25, 0.3) is 11.1 Å². The standard InChI is InChI=1S/C17H14N2O4/c1-11-13(7-9-22-11)16(20)18-19-17(21)15-14(8-10-23-15)12-5-3-2-4-6-12/h2-10H,1H3,(H,18,20)(H,19,21). The average Bonchev–Trinajstić information content (AvgIpc) is 3.22. The summed E-state index contributed by atoms with van der Waals surface area (Å²) in [6, 6.07) is 12.6. The van der Waals surface area contributed by atoms with E-state index in [1.54, 1.807) is 13.0 Å². The topological polar surface area (TPSA) is 84.5 Å². The lowest BCUT2D eigenvalue weighted by Crippen LogP contribution is -2.41. The third-order valence-electron chi connectivity index (χ3n) is 3.35. The Hall–Kier alpha value is -3.28. The van der Waals surface area contributed by atoms with E-state index in [-0.39, 0.29) is 5.76 Å². The Balaban J connectivity index is 1.72. The number of carbonyl (C=O) groups excluding carboxylic acids is 2. The van der Waals surface area contributed by atoms with Crippen LogP contribution in [0.3, 0.4) is 0 Å². The summed E-state index contributed by atoms with van der Waals surface area (Å²) in [6.45, 7) is 1.66. The van der Waals surface area contributed by atoms with Crippen molar-refractivity contribution in [3.8, 4) is 11.1 Å². The Morgan fingerprint density at radius 2 is 1.57 bits per heavy atom. The molecule has 2 aromatic heterocycles. The number of amides is 2. The molecular formula is C17H14N2O4. The monoisotopic (exact) mass is 310 g/mol. The summed E-state index contributed by atoms with van der Waals surface area (Å²) in [6.07, 6.45) is 2.84. The summed E-state index contributed by atoms with van der Waals surface area (Å²) in [7, 11) is 0. The molecule has 2 heterocycles. The van der Waals surface area contributed by atoms with E-state index in [4.69, 9.17) is 8.83 Å². The summed E-state index contributed by atoms with van der Waals surface area (Å²) < 4.78 is 10.3. The van der Waals surface area contributed by atoms with Gasteiger partial charge in [0, 0.05) is 5.56 Å². The molecule has 0 saturated carbocycles. The minimum absolute atomic E-state index is 0.125. The molecule has 0 unspecified atom stereocenters. The quantitative estimate of drug-likeness (QED) is 0.728. The van der Waals surface area contributed by atoms with Crippen LogP contribution in [0.5, 0.6) is 0 Å². The van der Waals surface area contributed by atoms with Crippen LogP contribution in [0, 0.1) is 6.92 Å². The Bertz CT molecular complexity index is 833. The van der Waals surface area contributed by atoms with Crippen LogP contribution in [0.4, 0.5) is 0 Å². The SMILES string of the molecule is Cc1occc1C(=O)NNC(=O)c1occc1-c1ccccc1. The molecule has 0 saturated heterocycles. The molecule has 6 heteroatoms. The fourth-order valence-electron chi connectivity index (χ4n) is 2.19. The van der Waals surface area contributed by atoms with Gasteiger partial charge in [-0.05, 0) is 24.6 Å². The maximum Gasteiger partial charge on any atom is 0.306 e. The lowest BCUT2D eigenvalue weighted by atomic mass is 10.1. The Morgan fingerprint density at radius 1 is 0.870 bits per heavy atom. The first-order chi connectivity index (χ1) is 11.2. The maximum absolute atomic E-state index is 12.2. The van der Waals surface area contributed by atoms with Crippen molar-refractivity contribution in [3.63, 3.8) is 0 Å². The van der Waals surface area contributed by atoms with E-state index in [1.807, 2.05) is 30.3 Å². The van der Waals surface area contributed by atoms with Gasteiger partial charge in [0.1, 0.15) is 5.76 Å². The molecule has 0 aliphatic carbocycles. The number of furan rings is 2. The number of hydrogen-bond acceptors (Lipinski definition) is 4. The first-order valence-corrected chi connectivity index (χ1v) is 6.94. The molecule has 3 rings (SSSR count). The summed E-state index contributed by atoms with van der Waals surface area (Å²) in [5.74, 6) is -0.402. The lowest BCUT2D eigenvalue weighted by molar-refractivity contribution is 0.0830. The third kappa shape index (κ3) is 3.01. The zero-order valence-electron chi connectivity index (χ0n) is 12.3. The largest absolute Gasteiger partial charge is 0.469 e. The van der Waals surface area contributed by atoms with Crippen molar-refractivity contribution >= 4 is 11.8 Å². The molecule has 2 N–H and O–H groups in total. The van der Waals surface area contributed by atoms with Crippen LogP contribution in [0.1, 0.15) is 26.7 Å². The van der Waals surface area contributed by atoms with Crippen molar-refractivity contribution in [1.29, 1.82) is 0 Å². The second kappa shape index (κ2) is 6.23. The Kier molecular flexibility index (Phi) is 3.97. The summed E-state index contributed by atoms with van der Waals surface area (Å²) in [4.78, 5) is 24.2. The Morgan fingerprint density at radius 3 is 2.26 bits per heavy atom. The molecule has 2 amide bonds. The van der Waals surface area contributed by atoms with E-state index in [2.05, 4.69) is 10.9 Å². The fraction of sp³-hybridized carbons (Fsp3) is 0.0588. The smallest absolute Gasteiger partial charge is 0.306 e. The molecule has 23 heavy (non-hydrogen) atoms. The van der Waals surface area contributed by atoms with Gasteiger partial charge in [0.15, 0.2) is 0 Å². The van der Waals surface area contributed by atoms with Crippen LogP contribution < -0.4 is 10.9 Å². The van der Waals surface area contributed by atoms with Crippen molar-refractivity contribution in [3.05, 3.63) is 72.1 Å². The number of hydrogen-bond donors (Lipinski definition) is 2. The number of hydrazine groups is 1. The summed E-state index contributed by atoms with van der Waals surface area (Å²) in [5, 5.41) is 0. The van der Waals surface area contributed by atoms with Gasteiger partial charge >= 0.3 is 5.91 Å². The van der Waals surface area contributed by atoms with Gasteiger partial charge in [0.25, 0.3) is 5.91 Å². The van der Waals surface area contributed by atoms with Crippen LogP contribution in [-0.2, 0) is 0 Å². The number of benzene rings is 1. The first-order valence-electron chi connectivity index (χ1n) is 6.94. The molecule has 1 aromatic carbocycles. The van der Waals surface area contributed by atoms with Crippen LogP contribution in [0.2, 0.25) is 0 Å². The highest BCUT2D eigenvalue weighted by Gasteiger charge is 2.18. The molecule has 0 atom stereocenters. The van der Waals surface area contributed by atoms with E-state index < -0.39 is 11.8 Å². The summed E-state index contributed by atoms with van der Waals surface area (Å²) >= 11 is 0. The van der Waals surface area contributed by atoms with E-state index >= 15 is 0 Å². The second-order valence-electron chi connectivity index (χ2n) is 4.83. The van der Waals surface area contributed by atoms with Gasteiger partial charge in [-0.15, -0.1) is 0 Å². The second-order valence-corrected chi connectivity index (χ2v) is 4.83. The molecule has 0 radical (unpaired) electrons. The fourth-order valence-corrected chi connectivity index (χ4v) is 2.19. The molecule has 0 spiro atoms. The highest BCUT2D eigenvalue weighted by molar-refractivity contribution is 6.01. The van der Waals surface area contributed by atoms with Crippen molar-refractivity contribution in [2.45, 2.75) is 6.92 Å². The van der Waals surface area contributed by atoms with Gasteiger partial charge in [0.05, 0.1) is 18.1 Å². The minimum atomic E-state index is -0.539. The maximum atomic E-state index is 12.2. The predicted octanol–water partition coefficient (Wildman–Crippen LogP) is 2.92. The van der Waals surface area contributed by atoms with Gasteiger partial charge < -0.3 is 8.83 Å². The zero-order valence-corrected chi connectivity index (χ0v) is 12.3. The van der Waals surface area contributed by atoms with Gasteiger partial charge in [-0.25, -0.2) is 0 Å². The van der Waals surface area contributed by atoms with Crippen molar-refractivity contribution in [2.24, 2.45) is 0 Å². The van der Waals surface area contributed by atoms with Gasteiger partial charge in [-0.1, -0.05) is 30.3 Å². The molecule has 6 nitrogen and oxygen atoms in total. The normalized spacial score (nSPS) is 10.3. The van der Waals surface area contributed by atoms with Crippen molar-refractivity contribution < 1.29 is 18.4 Å². The van der Waals surface area contributed by atoms with E-state index in [0.29, 0.717) is 16.9 Å². The highest BCUT2D eigenvalue weighted by Crippen LogP contribution is 2.24. The van der Waals surface area contributed by atoms with Crippen molar-refractivity contribution in [1.82, 2.24) is 10.9 Å². The van der Waals surface area contributed by atoms with E-state index in [1.165, 1.54) is 18.6 Å². The molecule has 0 aliphatic rings.